The van der Waals surface area contributed by atoms with Crippen LogP contribution in [0.5, 0.6) is 0 Å². The summed E-state index contributed by atoms with van der Waals surface area (Å²) >= 11 is 0. The molecule has 0 aromatic heterocycles. The summed E-state index contributed by atoms with van der Waals surface area (Å²) < 4.78 is 5.41. The lowest BCUT2D eigenvalue weighted by atomic mass is 10.1. The fourth-order valence-corrected chi connectivity index (χ4v) is 2.15. The molecule has 0 bridgehead atoms. The van der Waals surface area contributed by atoms with Crippen LogP contribution in [0.25, 0.3) is 0 Å². The maximum absolute atomic E-state index is 12.0. The molecular weight excluding hydrogens is 250 g/mol. The van der Waals surface area contributed by atoms with Crippen LogP contribution in [0.1, 0.15) is 44.7 Å². The Morgan fingerprint density at radius 1 is 1.35 bits per heavy atom. The minimum absolute atomic E-state index is 0.169. The van der Waals surface area contributed by atoms with Crippen LogP contribution < -0.4 is 5.32 Å². The third kappa shape index (κ3) is 4.87. The summed E-state index contributed by atoms with van der Waals surface area (Å²) in [6.45, 7) is 8.74. The second-order valence-electron chi connectivity index (χ2n) is 6.75. The Morgan fingerprint density at radius 2 is 2.05 bits per heavy atom. The molecule has 110 valence electrons. The molecule has 0 saturated heterocycles. The number of carbonyl (C=O) groups is 1. The number of benzene rings is 1. The van der Waals surface area contributed by atoms with Crippen molar-refractivity contribution in [3.05, 3.63) is 29.3 Å². The Bertz CT molecular complexity index is 484. The van der Waals surface area contributed by atoms with Gasteiger partial charge in [0.2, 0.25) is 0 Å². The Kier molecular flexibility index (Phi) is 4.36. The highest BCUT2D eigenvalue weighted by Crippen LogP contribution is 2.29. The summed E-state index contributed by atoms with van der Waals surface area (Å²) in [5, 5.41) is 3.46. The summed E-state index contributed by atoms with van der Waals surface area (Å²) in [5.74, 6) is 0.642. The Balaban J connectivity index is 2.03. The van der Waals surface area contributed by atoms with Crippen LogP contribution in [0, 0.1) is 12.8 Å². The van der Waals surface area contributed by atoms with E-state index < -0.39 is 5.60 Å². The van der Waals surface area contributed by atoms with Crippen molar-refractivity contribution < 1.29 is 9.53 Å². The van der Waals surface area contributed by atoms with Crippen LogP contribution in [0.3, 0.4) is 0 Å². The number of ether oxygens (including phenoxy) is 1. The highest BCUT2D eigenvalue weighted by atomic mass is 16.6. The lowest BCUT2D eigenvalue weighted by Gasteiger charge is -2.20. The molecule has 0 radical (unpaired) electrons. The zero-order valence-corrected chi connectivity index (χ0v) is 13.0. The van der Waals surface area contributed by atoms with Crippen LogP contribution in [0.4, 0.5) is 5.69 Å². The van der Waals surface area contributed by atoms with Gasteiger partial charge in [-0.15, -0.1) is 0 Å². The number of nitrogens with one attached hydrogen (secondary N) is 1. The summed E-state index contributed by atoms with van der Waals surface area (Å²) in [4.78, 5) is 12.0. The number of hydrogen-bond donors (Lipinski definition) is 1. The van der Waals surface area contributed by atoms with Crippen molar-refractivity contribution in [3.8, 4) is 0 Å². The molecule has 0 heterocycles. The third-order valence-electron chi connectivity index (χ3n) is 3.29. The first-order valence-electron chi connectivity index (χ1n) is 7.39. The van der Waals surface area contributed by atoms with E-state index in [2.05, 4.69) is 23.5 Å². The molecule has 1 aliphatic carbocycles. The maximum Gasteiger partial charge on any atom is 0.310 e. The largest absolute Gasteiger partial charge is 0.460 e. The molecule has 1 N–H and O–H groups in total. The van der Waals surface area contributed by atoms with Gasteiger partial charge in [0.25, 0.3) is 0 Å². The molecule has 20 heavy (non-hydrogen) atoms. The van der Waals surface area contributed by atoms with Crippen LogP contribution in [0.15, 0.2) is 18.2 Å². The van der Waals surface area contributed by atoms with Crippen molar-refractivity contribution >= 4 is 11.7 Å². The second kappa shape index (κ2) is 5.86. The monoisotopic (exact) mass is 275 g/mol. The minimum Gasteiger partial charge on any atom is -0.460 e. The molecule has 1 aromatic rings. The van der Waals surface area contributed by atoms with Gasteiger partial charge in [-0.3, -0.25) is 4.79 Å². The molecule has 0 spiro atoms. The molecule has 0 unspecified atom stereocenters. The number of esters is 1. The number of carbonyl (C=O) groups excluding carboxylic acids is 1. The van der Waals surface area contributed by atoms with Crippen molar-refractivity contribution in [2.75, 3.05) is 11.9 Å². The SMILES string of the molecule is Cc1ccc(NCC2CC2)c(CC(=O)OC(C)(C)C)c1. The molecule has 0 amide bonds. The van der Waals surface area contributed by atoms with Crippen LogP contribution in [-0.2, 0) is 16.0 Å². The molecule has 1 fully saturated rings. The molecule has 1 saturated carbocycles. The summed E-state index contributed by atoms with van der Waals surface area (Å²) in [6.07, 6.45) is 2.96. The van der Waals surface area contributed by atoms with Crippen molar-refractivity contribution in [2.24, 2.45) is 5.92 Å². The molecule has 2 rings (SSSR count). The highest BCUT2D eigenvalue weighted by Gasteiger charge is 2.22. The normalized spacial score (nSPS) is 15.0. The van der Waals surface area contributed by atoms with E-state index in [0.717, 1.165) is 23.7 Å². The predicted molar refractivity (Wildman–Crippen MR) is 81.9 cm³/mol. The molecule has 0 atom stereocenters. The first-order valence-corrected chi connectivity index (χ1v) is 7.39. The molecule has 1 aromatic carbocycles. The van der Waals surface area contributed by atoms with Gasteiger partial charge >= 0.3 is 5.97 Å². The zero-order valence-electron chi connectivity index (χ0n) is 13.0. The second-order valence-corrected chi connectivity index (χ2v) is 6.75. The van der Waals surface area contributed by atoms with Crippen molar-refractivity contribution in [1.29, 1.82) is 0 Å². The Labute approximate surface area is 121 Å². The minimum atomic E-state index is -0.428. The van der Waals surface area contributed by atoms with Gasteiger partial charge < -0.3 is 10.1 Å². The molecule has 0 aliphatic heterocycles. The van der Waals surface area contributed by atoms with Gasteiger partial charge in [0, 0.05) is 12.2 Å². The van der Waals surface area contributed by atoms with E-state index in [9.17, 15) is 4.79 Å². The van der Waals surface area contributed by atoms with E-state index in [1.54, 1.807) is 0 Å². The Morgan fingerprint density at radius 3 is 2.65 bits per heavy atom. The maximum atomic E-state index is 12.0. The zero-order chi connectivity index (χ0) is 14.8. The summed E-state index contributed by atoms with van der Waals surface area (Å²) in [5.41, 5.74) is 2.83. The number of aryl methyl sites for hydroxylation is 1. The predicted octanol–water partition coefficient (Wildman–Crippen LogP) is 3.70. The summed E-state index contributed by atoms with van der Waals surface area (Å²) in [6, 6.07) is 6.21. The molecule has 3 heteroatoms. The van der Waals surface area contributed by atoms with Crippen molar-refractivity contribution in [2.45, 2.75) is 52.6 Å². The highest BCUT2D eigenvalue weighted by molar-refractivity contribution is 5.75. The van der Waals surface area contributed by atoms with Gasteiger partial charge in [-0.2, -0.15) is 0 Å². The summed E-state index contributed by atoms with van der Waals surface area (Å²) in [7, 11) is 0. The van der Waals surface area contributed by atoms with Gasteiger partial charge in [0.05, 0.1) is 6.42 Å². The molecule has 1 aliphatic rings. The van der Waals surface area contributed by atoms with E-state index >= 15 is 0 Å². The van der Waals surface area contributed by atoms with E-state index in [0.29, 0.717) is 6.42 Å². The van der Waals surface area contributed by atoms with Crippen LogP contribution >= 0.6 is 0 Å². The van der Waals surface area contributed by atoms with E-state index in [1.165, 1.54) is 18.4 Å². The number of rotatable bonds is 5. The van der Waals surface area contributed by atoms with E-state index in [1.807, 2.05) is 27.7 Å². The fourth-order valence-electron chi connectivity index (χ4n) is 2.15. The van der Waals surface area contributed by atoms with Crippen molar-refractivity contribution in [3.63, 3.8) is 0 Å². The lowest BCUT2D eigenvalue weighted by Crippen LogP contribution is -2.25. The van der Waals surface area contributed by atoms with Gasteiger partial charge in [0.15, 0.2) is 0 Å². The Hall–Kier alpha value is -1.51. The fraction of sp³-hybridized carbons (Fsp3) is 0.588. The van der Waals surface area contributed by atoms with Crippen molar-refractivity contribution in [1.82, 2.24) is 0 Å². The van der Waals surface area contributed by atoms with Gasteiger partial charge in [-0.25, -0.2) is 0 Å². The van der Waals surface area contributed by atoms with Crippen LogP contribution in [0.2, 0.25) is 0 Å². The first-order chi connectivity index (χ1) is 9.33. The third-order valence-corrected chi connectivity index (χ3v) is 3.29. The average molecular weight is 275 g/mol. The standard InChI is InChI=1S/C17H25NO2/c1-12-5-8-15(18-11-13-6-7-13)14(9-12)10-16(19)20-17(2,3)4/h5,8-9,13,18H,6-7,10-11H2,1-4H3. The van der Waals surface area contributed by atoms with Crippen LogP contribution in [-0.4, -0.2) is 18.1 Å². The van der Waals surface area contributed by atoms with E-state index in [-0.39, 0.29) is 5.97 Å². The van der Waals surface area contributed by atoms with Gasteiger partial charge in [-0.05, 0) is 58.1 Å². The number of anilines is 1. The quantitative estimate of drug-likeness (QED) is 0.833. The lowest BCUT2D eigenvalue weighted by molar-refractivity contribution is -0.153. The number of hydrogen-bond acceptors (Lipinski definition) is 3. The average Bonchev–Trinajstić information content (AvgIpc) is 3.09. The smallest absolute Gasteiger partial charge is 0.310 e. The van der Waals surface area contributed by atoms with E-state index in [4.69, 9.17) is 4.74 Å². The van der Waals surface area contributed by atoms with Gasteiger partial charge in [-0.1, -0.05) is 17.7 Å². The first kappa shape index (κ1) is 14.9. The molecular formula is C17H25NO2. The topological polar surface area (TPSA) is 38.3 Å². The molecule has 3 nitrogen and oxygen atoms in total. The van der Waals surface area contributed by atoms with Gasteiger partial charge in [0.1, 0.15) is 5.60 Å².